The molecule has 0 saturated heterocycles. The number of anilines is 1. The molecule has 0 saturated carbocycles. The lowest BCUT2D eigenvalue weighted by Crippen LogP contribution is -2.03. The minimum atomic E-state index is 0.806. The van der Waals surface area contributed by atoms with Gasteiger partial charge in [0.2, 0.25) is 0 Å². The second-order valence-corrected chi connectivity index (χ2v) is 5.33. The van der Waals surface area contributed by atoms with E-state index in [1.54, 1.807) is 12.5 Å². The zero-order valence-electron chi connectivity index (χ0n) is 11.0. The van der Waals surface area contributed by atoms with Crippen LogP contribution in [-0.2, 0) is 0 Å². The summed E-state index contributed by atoms with van der Waals surface area (Å²) in [5.41, 5.74) is 1.78. The van der Waals surface area contributed by atoms with E-state index in [9.17, 15) is 0 Å². The lowest BCUT2D eigenvalue weighted by molar-refractivity contribution is 0.894. The zero-order chi connectivity index (χ0) is 13.9. The first-order valence-corrected chi connectivity index (χ1v) is 7.27. The van der Waals surface area contributed by atoms with Gasteiger partial charge in [0.05, 0.1) is 17.3 Å². The number of hydrogen-bond acceptors (Lipinski definition) is 4. The van der Waals surface area contributed by atoms with Crippen molar-refractivity contribution in [2.75, 3.05) is 11.9 Å². The highest BCUT2D eigenvalue weighted by molar-refractivity contribution is 9.10. The van der Waals surface area contributed by atoms with E-state index in [0.717, 1.165) is 40.0 Å². The normalized spacial score (nSPS) is 10.9. The Morgan fingerprint density at radius 2 is 2.00 bits per heavy atom. The molecule has 3 rings (SSSR count). The Hall–Kier alpha value is -1.95. The first-order chi connectivity index (χ1) is 9.79. The molecule has 0 aliphatic heterocycles. The average molecular weight is 332 g/mol. The maximum atomic E-state index is 4.42. The maximum Gasteiger partial charge on any atom is 0.168 e. The summed E-state index contributed by atoms with van der Waals surface area (Å²) < 4.78 is 2.86. The number of nitrogens with one attached hydrogen (secondary N) is 1. The van der Waals surface area contributed by atoms with E-state index in [1.807, 2.05) is 28.9 Å². The summed E-state index contributed by atoms with van der Waals surface area (Å²) in [6, 6.07) is 7.97. The van der Waals surface area contributed by atoms with E-state index >= 15 is 0 Å². The fourth-order valence-corrected chi connectivity index (χ4v) is 2.26. The molecule has 3 aromatic rings. The van der Waals surface area contributed by atoms with Gasteiger partial charge in [0.1, 0.15) is 12.1 Å². The molecule has 5 nitrogen and oxygen atoms in total. The van der Waals surface area contributed by atoms with Crippen LogP contribution in [0.2, 0.25) is 0 Å². The predicted molar refractivity (Wildman–Crippen MR) is 83.1 cm³/mol. The van der Waals surface area contributed by atoms with E-state index in [1.165, 1.54) is 0 Å². The number of aromatic nitrogens is 4. The summed E-state index contributed by atoms with van der Waals surface area (Å²) in [4.78, 5) is 8.63. The van der Waals surface area contributed by atoms with Gasteiger partial charge in [-0.2, -0.15) is 5.10 Å². The van der Waals surface area contributed by atoms with Crippen molar-refractivity contribution in [3.05, 3.63) is 41.3 Å². The first-order valence-electron chi connectivity index (χ1n) is 6.48. The van der Waals surface area contributed by atoms with Crippen molar-refractivity contribution < 1.29 is 0 Å². The van der Waals surface area contributed by atoms with Gasteiger partial charge < -0.3 is 5.32 Å². The van der Waals surface area contributed by atoms with Gasteiger partial charge in [0.25, 0.3) is 0 Å². The summed E-state index contributed by atoms with van der Waals surface area (Å²) >= 11 is 3.43. The smallest absolute Gasteiger partial charge is 0.168 e. The summed E-state index contributed by atoms with van der Waals surface area (Å²) in [5, 5.41) is 8.66. The Morgan fingerprint density at radius 3 is 2.75 bits per heavy atom. The molecule has 0 spiro atoms. The molecule has 102 valence electrons. The fourth-order valence-electron chi connectivity index (χ4n) is 2.00. The van der Waals surface area contributed by atoms with Gasteiger partial charge >= 0.3 is 0 Å². The van der Waals surface area contributed by atoms with Crippen LogP contribution in [0.4, 0.5) is 5.82 Å². The molecule has 6 heteroatoms. The van der Waals surface area contributed by atoms with Crippen molar-refractivity contribution in [1.82, 2.24) is 19.7 Å². The van der Waals surface area contributed by atoms with Crippen LogP contribution >= 0.6 is 15.9 Å². The van der Waals surface area contributed by atoms with E-state index in [-0.39, 0.29) is 0 Å². The number of halogens is 1. The Morgan fingerprint density at radius 1 is 1.20 bits per heavy atom. The molecule has 2 heterocycles. The Bertz CT molecular complexity index is 720. The minimum Gasteiger partial charge on any atom is -0.369 e. The van der Waals surface area contributed by atoms with E-state index in [2.05, 4.69) is 43.2 Å². The Kier molecular flexibility index (Phi) is 3.64. The largest absolute Gasteiger partial charge is 0.369 e. The van der Waals surface area contributed by atoms with Crippen molar-refractivity contribution in [1.29, 1.82) is 0 Å². The average Bonchev–Trinajstić information content (AvgIpc) is 2.90. The molecular formula is C14H14BrN5. The highest BCUT2D eigenvalue weighted by atomic mass is 79.9. The molecule has 0 aliphatic rings. The molecule has 0 atom stereocenters. The summed E-state index contributed by atoms with van der Waals surface area (Å²) in [5.74, 6) is 0.834. The Balaban J connectivity index is 2.07. The van der Waals surface area contributed by atoms with Crippen LogP contribution in [0.15, 0.2) is 41.3 Å². The second kappa shape index (κ2) is 5.58. The molecule has 0 bridgehead atoms. The van der Waals surface area contributed by atoms with Crippen LogP contribution in [0.1, 0.15) is 13.3 Å². The molecule has 2 aromatic heterocycles. The van der Waals surface area contributed by atoms with Gasteiger partial charge in [-0.25, -0.2) is 14.6 Å². The number of benzene rings is 1. The number of fused-ring (bicyclic) bond motifs is 1. The van der Waals surface area contributed by atoms with Gasteiger partial charge in [0.15, 0.2) is 5.65 Å². The molecular weight excluding hydrogens is 318 g/mol. The molecule has 0 unspecified atom stereocenters. The number of nitrogens with zero attached hydrogens (tertiary/aromatic N) is 4. The second-order valence-electron chi connectivity index (χ2n) is 4.42. The number of hydrogen-bond donors (Lipinski definition) is 1. The minimum absolute atomic E-state index is 0.806. The van der Waals surface area contributed by atoms with Crippen LogP contribution in [0, 0.1) is 0 Å². The standard InChI is InChI=1S/C14H14BrN5/c1-2-7-16-13-12-8-19-20(14(12)18-9-17-13)11-5-3-10(15)4-6-11/h3-6,8-9H,2,7H2,1H3,(H,16,17,18). The van der Waals surface area contributed by atoms with Gasteiger partial charge in [0, 0.05) is 11.0 Å². The Labute approximate surface area is 125 Å². The van der Waals surface area contributed by atoms with Crippen LogP contribution < -0.4 is 5.32 Å². The van der Waals surface area contributed by atoms with Crippen LogP contribution in [-0.4, -0.2) is 26.3 Å². The van der Waals surface area contributed by atoms with Gasteiger partial charge in [-0.1, -0.05) is 22.9 Å². The molecule has 0 aliphatic carbocycles. The van der Waals surface area contributed by atoms with E-state index < -0.39 is 0 Å². The zero-order valence-corrected chi connectivity index (χ0v) is 12.6. The highest BCUT2D eigenvalue weighted by Crippen LogP contribution is 2.22. The molecule has 0 radical (unpaired) electrons. The van der Waals surface area contributed by atoms with Crippen molar-refractivity contribution >= 4 is 32.8 Å². The monoisotopic (exact) mass is 331 g/mol. The van der Waals surface area contributed by atoms with Crippen LogP contribution in [0.3, 0.4) is 0 Å². The predicted octanol–water partition coefficient (Wildman–Crippen LogP) is 3.40. The topological polar surface area (TPSA) is 55.6 Å². The SMILES string of the molecule is CCCNc1ncnc2c1cnn2-c1ccc(Br)cc1. The van der Waals surface area contributed by atoms with E-state index in [4.69, 9.17) is 0 Å². The summed E-state index contributed by atoms with van der Waals surface area (Å²) in [6.07, 6.45) is 4.42. The van der Waals surface area contributed by atoms with Crippen LogP contribution in [0.5, 0.6) is 0 Å². The molecule has 0 amide bonds. The third-order valence-corrected chi connectivity index (χ3v) is 3.51. The number of rotatable bonds is 4. The van der Waals surface area contributed by atoms with Crippen molar-refractivity contribution in [3.8, 4) is 5.69 Å². The summed E-state index contributed by atoms with van der Waals surface area (Å²) in [6.45, 7) is 3.01. The first kappa shape index (κ1) is 13.1. The molecule has 20 heavy (non-hydrogen) atoms. The summed E-state index contributed by atoms with van der Waals surface area (Å²) in [7, 11) is 0. The fraction of sp³-hybridized carbons (Fsp3) is 0.214. The maximum absolute atomic E-state index is 4.42. The van der Waals surface area contributed by atoms with Crippen molar-refractivity contribution in [2.24, 2.45) is 0 Å². The lowest BCUT2D eigenvalue weighted by Gasteiger charge is -2.05. The lowest BCUT2D eigenvalue weighted by atomic mass is 10.3. The molecule has 1 aromatic carbocycles. The highest BCUT2D eigenvalue weighted by Gasteiger charge is 2.10. The quantitative estimate of drug-likeness (QED) is 0.796. The van der Waals surface area contributed by atoms with Gasteiger partial charge in [-0.15, -0.1) is 0 Å². The molecule has 1 N–H and O–H groups in total. The molecule has 0 fully saturated rings. The van der Waals surface area contributed by atoms with Crippen LogP contribution in [0.25, 0.3) is 16.7 Å². The van der Waals surface area contributed by atoms with Gasteiger partial charge in [-0.05, 0) is 30.7 Å². The van der Waals surface area contributed by atoms with Crippen molar-refractivity contribution in [3.63, 3.8) is 0 Å². The van der Waals surface area contributed by atoms with Crippen molar-refractivity contribution in [2.45, 2.75) is 13.3 Å². The van der Waals surface area contributed by atoms with E-state index in [0.29, 0.717) is 0 Å². The third-order valence-electron chi connectivity index (χ3n) is 2.98. The van der Waals surface area contributed by atoms with Gasteiger partial charge in [-0.3, -0.25) is 0 Å². The third kappa shape index (κ3) is 2.38.